The van der Waals surface area contributed by atoms with Gasteiger partial charge in [0.15, 0.2) is 0 Å². The number of imidazole rings is 1. The molecule has 0 saturated carbocycles. The van der Waals surface area contributed by atoms with Gasteiger partial charge in [-0.1, -0.05) is 41.9 Å². The van der Waals surface area contributed by atoms with Crippen molar-refractivity contribution in [2.75, 3.05) is 6.61 Å². The molecule has 1 atom stereocenters. The second-order valence-electron chi connectivity index (χ2n) is 6.41. The van der Waals surface area contributed by atoms with Crippen LogP contribution in [0.1, 0.15) is 24.2 Å². The van der Waals surface area contributed by atoms with Crippen molar-refractivity contribution in [1.82, 2.24) is 14.9 Å². The topological polar surface area (TPSA) is 56.2 Å². The smallest absolute Gasteiger partial charge is 0.249 e. The molecule has 1 aliphatic heterocycles. The lowest BCUT2D eigenvalue weighted by Gasteiger charge is -2.13. The molecule has 26 heavy (non-hydrogen) atoms. The standard InChI is InChI=1S/C20H20ClN3O2/c21-15-7-2-1-6-14(15)13-24-17-9-4-3-8-16(17)23-19(24)12-22-20(25)18-10-5-11-26-18/h1-4,6-9,18H,5,10-13H2,(H,22,25). The summed E-state index contributed by atoms with van der Waals surface area (Å²) in [6, 6.07) is 15.7. The molecule has 3 aromatic rings. The lowest BCUT2D eigenvalue weighted by atomic mass is 10.2. The number of fused-ring (bicyclic) bond motifs is 1. The third-order valence-electron chi connectivity index (χ3n) is 4.66. The summed E-state index contributed by atoms with van der Waals surface area (Å²) < 4.78 is 7.55. The summed E-state index contributed by atoms with van der Waals surface area (Å²) in [4.78, 5) is 17.0. The average Bonchev–Trinajstić information content (AvgIpc) is 3.30. The molecule has 1 N–H and O–H groups in total. The van der Waals surface area contributed by atoms with Crippen molar-refractivity contribution < 1.29 is 9.53 Å². The van der Waals surface area contributed by atoms with E-state index in [4.69, 9.17) is 21.3 Å². The maximum atomic E-state index is 12.3. The molecule has 4 rings (SSSR count). The van der Waals surface area contributed by atoms with E-state index < -0.39 is 0 Å². The number of aromatic nitrogens is 2. The van der Waals surface area contributed by atoms with E-state index in [2.05, 4.69) is 9.88 Å². The highest BCUT2D eigenvalue weighted by Crippen LogP contribution is 2.22. The minimum atomic E-state index is -0.337. The zero-order chi connectivity index (χ0) is 17.9. The van der Waals surface area contributed by atoms with Crippen molar-refractivity contribution in [3.05, 3.63) is 64.9 Å². The molecule has 6 heteroatoms. The molecule has 1 saturated heterocycles. The van der Waals surface area contributed by atoms with Gasteiger partial charge in [-0.2, -0.15) is 0 Å². The molecular formula is C20H20ClN3O2. The van der Waals surface area contributed by atoms with Crippen molar-refractivity contribution in [3.8, 4) is 0 Å². The molecule has 1 aromatic heterocycles. The highest BCUT2D eigenvalue weighted by atomic mass is 35.5. The van der Waals surface area contributed by atoms with E-state index in [9.17, 15) is 4.79 Å². The van der Waals surface area contributed by atoms with Gasteiger partial charge in [-0.3, -0.25) is 4.79 Å². The van der Waals surface area contributed by atoms with E-state index in [0.717, 1.165) is 40.3 Å². The Morgan fingerprint density at radius 1 is 1.23 bits per heavy atom. The van der Waals surface area contributed by atoms with Crippen LogP contribution in [0.2, 0.25) is 5.02 Å². The Kier molecular flexibility index (Phi) is 4.91. The molecule has 1 aliphatic rings. The Hall–Kier alpha value is -2.37. The number of benzene rings is 2. The van der Waals surface area contributed by atoms with Gasteiger partial charge >= 0.3 is 0 Å². The maximum Gasteiger partial charge on any atom is 0.249 e. The van der Waals surface area contributed by atoms with E-state index in [1.807, 2.05) is 48.5 Å². The molecular weight excluding hydrogens is 350 g/mol. The summed E-state index contributed by atoms with van der Waals surface area (Å²) in [6.45, 7) is 1.62. The fourth-order valence-electron chi connectivity index (χ4n) is 3.30. The van der Waals surface area contributed by atoms with Gasteiger partial charge in [0.25, 0.3) is 0 Å². The van der Waals surface area contributed by atoms with E-state index >= 15 is 0 Å². The van der Waals surface area contributed by atoms with Crippen LogP contribution in [0.15, 0.2) is 48.5 Å². The molecule has 5 nitrogen and oxygen atoms in total. The number of hydrogen-bond donors (Lipinski definition) is 1. The molecule has 2 heterocycles. The first-order valence-electron chi connectivity index (χ1n) is 8.79. The molecule has 2 aromatic carbocycles. The van der Waals surface area contributed by atoms with Crippen LogP contribution >= 0.6 is 11.6 Å². The molecule has 0 aliphatic carbocycles. The van der Waals surface area contributed by atoms with Gasteiger partial charge in [-0.25, -0.2) is 4.98 Å². The fourth-order valence-corrected chi connectivity index (χ4v) is 3.49. The van der Waals surface area contributed by atoms with Gasteiger partial charge in [0.2, 0.25) is 5.91 Å². The summed E-state index contributed by atoms with van der Waals surface area (Å²) in [5.74, 6) is 0.733. The minimum Gasteiger partial charge on any atom is -0.368 e. The number of carbonyl (C=O) groups excluding carboxylic acids is 1. The predicted octanol–water partition coefficient (Wildman–Crippen LogP) is 3.53. The van der Waals surface area contributed by atoms with Gasteiger partial charge in [-0.15, -0.1) is 0 Å². The van der Waals surface area contributed by atoms with Gasteiger partial charge in [0.05, 0.1) is 24.1 Å². The van der Waals surface area contributed by atoms with E-state index in [1.165, 1.54) is 0 Å². The Balaban J connectivity index is 1.61. The first kappa shape index (κ1) is 17.1. The quantitative estimate of drug-likeness (QED) is 0.748. The summed E-state index contributed by atoms with van der Waals surface area (Å²) >= 11 is 6.34. The summed E-state index contributed by atoms with van der Waals surface area (Å²) in [6.07, 6.45) is 1.38. The van der Waals surface area contributed by atoms with Crippen LogP contribution in [0.25, 0.3) is 11.0 Å². The number of amides is 1. The predicted molar refractivity (Wildman–Crippen MR) is 101 cm³/mol. The summed E-state index contributed by atoms with van der Waals surface area (Å²) in [7, 11) is 0. The minimum absolute atomic E-state index is 0.0705. The highest BCUT2D eigenvalue weighted by molar-refractivity contribution is 6.31. The molecule has 0 bridgehead atoms. The van der Waals surface area contributed by atoms with Crippen molar-refractivity contribution >= 4 is 28.5 Å². The Morgan fingerprint density at radius 2 is 2.04 bits per heavy atom. The maximum absolute atomic E-state index is 12.3. The highest BCUT2D eigenvalue weighted by Gasteiger charge is 2.23. The zero-order valence-corrected chi connectivity index (χ0v) is 15.1. The number of ether oxygens (including phenoxy) is 1. The normalized spacial score (nSPS) is 16.9. The van der Waals surface area contributed by atoms with Crippen molar-refractivity contribution in [2.24, 2.45) is 0 Å². The van der Waals surface area contributed by atoms with Gasteiger partial charge in [-0.05, 0) is 36.6 Å². The third-order valence-corrected chi connectivity index (χ3v) is 5.03. The van der Waals surface area contributed by atoms with Gasteiger partial charge in [0, 0.05) is 11.6 Å². The van der Waals surface area contributed by atoms with Crippen LogP contribution < -0.4 is 5.32 Å². The average molecular weight is 370 g/mol. The molecule has 1 fully saturated rings. The largest absolute Gasteiger partial charge is 0.368 e. The lowest BCUT2D eigenvalue weighted by molar-refractivity contribution is -0.130. The number of nitrogens with zero attached hydrogens (tertiary/aromatic N) is 2. The van der Waals surface area contributed by atoms with Crippen molar-refractivity contribution in [1.29, 1.82) is 0 Å². The van der Waals surface area contributed by atoms with Crippen molar-refractivity contribution in [3.63, 3.8) is 0 Å². The number of halogens is 1. The number of nitrogens with one attached hydrogen (secondary N) is 1. The number of para-hydroxylation sites is 2. The van der Waals surface area contributed by atoms with Crippen LogP contribution in [0.4, 0.5) is 0 Å². The van der Waals surface area contributed by atoms with Crippen LogP contribution in [-0.4, -0.2) is 28.2 Å². The molecule has 1 amide bonds. The number of hydrogen-bond acceptors (Lipinski definition) is 3. The first-order chi connectivity index (χ1) is 12.7. The van der Waals surface area contributed by atoms with Crippen LogP contribution in [0.3, 0.4) is 0 Å². The second kappa shape index (κ2) is 7.48. The van der Waals surface area contributed by atoms with Crippen molar-refractivity contribution in [2.45, 2.75) is 32.0 Å². The van der Waals surface area contributed by atoms with Crippen LogP contribution in [0, 0.1) is 0 Å². The lowest BCUT2D eigenvalue weighted by Crippen LogP contribution is -2.34. The van der Waals surface area contributed by atoms with E-state index in [-0.39, 0.29) is 12.0 Å². The molecule has 1 unspecified atom stereocenters. The van der Waals surface area contributed by atoms with Gasteiger partial charge < -0.3 is 14.6 Å². The summed E-state index contributed by atoms with van der Waals surface area (Å²) in [5, 5.41) is 3.68. The Morgan fingerprint density at radius 3 is 2.85 bits per heavy atom. The fraction of sp³-hybridized carbons (Fsp3) is 0.300. The van der Waals surface area contributed by atoms with Gasteiger partial charge in [0.1, 0.15) is 11.9 Å². The molecule has 0 radical (unpaired) electrons. The monoisotopic (exact) mass is 369 g/mol. The Bertz CT molecular complexity index is 932. The SMILES string of the molecule is O=C(NCc1nc2ccccc2n1Cc1ccccc1Cl)C1CCCO1. The zero-order valence-electron chi connectivity index (χ0n) is 14.3. The Labute approximate surface area is 156 Å². The molecule has 0 spiro atoms. The van der Waals surface area contributed by atoms with E-state index in [1.54, 1.807) is 0 Å². The number of rotatable bonds is 5. The third kappa shape index (κ3) is 3.45. The molecule has 134 valence electrons. The summed E-state index contributed by atoms with van der Waals surface area (Å²) in [5.41, 5.74) is 2.94. The van der Waals surface area contributed by atoms with E-state index in [0.29, 0.717) is 19.7 Å². The second-order valence-corrected chi connectivity index (χ2v) is 6.82. The van der Waals surface area contributed by atoms with Crippen LogP contribution in [-0.2, 0) is 22.6 Å². The number of carbonyl (C=O) groups is 1. The first-order valence-corrected chi connectivity index (χ1v) is 9.17. The van der Waals surface area contributed by atoms with Crippen LogP contribution in [0.5, 0.6) is 0 Å².